The van der Waals surface area contributed by atoms with E-state index in [0.29, 0.717) is 18.4 Å². The van der Waals surface area contributed by atoms with E-state index in [-0.39, 0.29) is 0 Å². The molecule has 0 spiro atoms. The second-order valence-electron chi connectivity index (χ2n) is 5.09. The van der Waals surface area contributed by atoms with Gasteiger partial charge < -0.3 is 19.8 Å². The number of anilines is 1. The Balaban J connectivity index is 1.79. The molecule has 0 unspecified atom stereocenters. The monoisotopic (exact) mass is 325 g/mol. The molecule has 0 aliphatic carbocycles. The summed E-state index contributed by atoms with van der Waals surface area (Å²) in [5.41, 5.74) is 2.70. The largest absolute Gasteiger partial charge is 0.497 e. The number of imidazole rings is 1. The number of rotatable bonds is 7. The zero-order valence-electron chi connectivity index (χ0n) is 13.6. The minimum absolute atomic E-state index is 0.317. The van der Waals surface area contributed by atoms with Gasteiger partial charge in [-0.3, -0.25) is 0 Å². The van der Waals surface area contributed by atoms with Crippen LogP contribution in [0, 0.1) is 0 Å². The topological polar surface area (TPSA) is 85.0 Å². The summed E-state index contributed by atoms with van der Waals surface area (Å²) in [7, 11) is 3.19. The molecule has 0 fully saturated rings. The van der Waals surface area contributed by atoms with Crippen LogP contribution in [0.3, 0.4) is 0 Å². The Morgan fingerprint density at radius 1 is 1.12 bits per heavy atom. The normalized spacial score (nSPS) is 10.4. The van der Waals surface area contributed by atoms with E-state index in [0.717, 1.165) is 29.1 Å². The average Bonchev–Trinajstić information content (AvgIpc) is 3.15. The summed E-state index contributed by atoms with van der Waals surface area (Å²) < 4.78 is 10.5. The molecule has 7 heteroatoms. The summed E-state index contributed by atoms with van der Waals surface area (Å²) in [6.45, 7) is 0.711. The molecule has 0 aliphatic rings. The van der Waals surface area contributed by atoms with E-state index >= 15 is 0 Å². The van der Waals surface area contributed by atoms with Crippen molar-refractivity contribution in [2.24, 2.45) is 0 Å². The van der Waals surface area contributed by atoms with Gasteiger partial charge in [-0.05, 0) is 12.1 Å². The van der Waals surface area contributed by atoms with Crippen molar-refractivity contribution >= 4 is 5.82 Å². The molecule has 0 radical (unpaired) electrons. The summed E-state index contributed by atoms with van der Waals surface area (Å²) in [6, 6.07) is 9.92. The van der Waals surface area contributed by atoms with Gasteiger partial charge in [-0.15, -0.1) is 0 Å². The van der Waals surface area contributed by atoms with E-state index < -0.39 is 0 Å². The lowest BCUT2D eigenvalue weighted by molar-refractivity contribution is 0.381. The van der Waals surface area contributed by atoms with Crippen molar-refractivity contribution < 1.29 is 9.47 Å². The molecule has 0 atom stereocenters. The second-order valence-corrected chi connectivity index (χ2v) is 5.09. The van der Waals surface area contributed by atoms with Gasteiger partial charge in [-0.25, -0.2) is 4.98 Å². The van der Waals surface area contributed by atoms with E-state index in [4.69, 9.17) is 9.47 Å². The molecular weight excluding hydrogens is 306 g/mol. The highest BCUT2D eigenvalue weighted by Gasteiger charge is 2.08. The van der Waals surface area contributed by atoms with Crippen LogP contribution in [-0.4, -0.2) is 40.7 Å². The van der Waals surface area contributed by atoms with Gasteiger partial charge in [0, 0.05) is 30.8 Å². The van der Waals surface area contributed by atoms with Crippen molar-refractivity contribution in [3.05, 3.63) is 48.5 Å². The minimum Gasteiger partial charge on any atom is -0.497 e. The first kappa shape index (κ1) is 15.8. The van der Waals surface area contributed by atoms with Crippen LogP contribution in [0.5, 0.6) is 11.8 Å². The number of nitrogens with one attached hydrogen (secondary N) is 2. The Labute approximate surface area is 140 Å². The fraction of sp³-hybridized carbons (Fsp3) is 0.235. The van der Waals surface area contributed by atoms with E-state index in [1.807, 2.05) is 36.5 Å². The maximum atomic E-state index is 5.27. The summed E-state index contributed by atoms with van der Waals surface area (Å²) in [6.07, 6.45) is 4.35. The first-order valence-electron chi connectivity index (χ1n) is 7.57. The summed E-state index contributed by atoms with van der Waals surface area (Å²) in [5, 5.41) is 3.28. The van der Waals surface area contributed by atoms with Crippen molar-refractivity contribution in [3.63, 3.8) is 0 Å². The molecule has 124 valence electrons. The van der Waals surface area contributed by atoms with Crippen LogP contribution in [0.25, 0.3) is 11.3 Å². The van der Waals surface area contributed by atoms with Gasteiger partial charge >= 0.3 is 6.01 Å². The maximum absolute atomic E-state index is 5.27. The number of hydrogen-bond donors (Lipinski definition) is 2. The molecule has 2 heterocycles. The predicted octanol–water partition coefficient (Wildman–Crippen LogP) is 2.54. The quantitative estimate of drug-likeness (QED) is 0.694. The number of hydrogen-bond acceptors (Lipinski definition) is 6. The van der Waals surface area contributed by atoms with Gasteiger partial charge in [0.05, 0.1) is 31.9 Å². The molecule has 2 aromatic heterocycles. The van der Waals surface area contributed by atoms with Crippen LogP contribution in [0.15, 0.2) is 42.9 Å². The van der Waals surface area contributed by atoms with E-state index in [2.05, 4.69) is 25.3 Å². The van der Waals surface area contributed by atoms with Gasteiger partial charge in [0.1, 0.15) is 11.6 Å². The highest BCUT2D eigenvalue weighted by atomic mass is 16.5. The lowest BCUT2D eigenvalue weighted by Crippen LogP contribution is -2.08. The molecular formula is C17H19N5O2. The Kier molecular flexibility index (Phi) is 4.90. The Morgan fingerprint density at radius 3 is 2.79 bits per heavy atom. The molecule has 2 N–H and O–H groups in total. The lowest BCUT2D eigenvalue weighted by Gasteiger charge is -2.10. The van der Waals surface area contributed by atoms with Crippen molar-refractivity contribution in [1.29, 1.82) is 0 Å². The molecule has 1 aromatic carbocycles. The number of nitrogens with zero attached hydrogens (tertiary/aromatic N) is 3. The molecule has 0 amide bonds. The lowest BCUT2D eigenvalue weighted by atomic mass is 10.1. The SMILES string of the molecule is COc1cccc(-c2cc(NCCc3c[nH]cn3)nc(OC)n2)c1. The summed E-state index contributed by atoms with van der Waals surface area (Å²) >= 11 is 0. The Hall–Kier alpha value is -3.09. The van der Waals surface area contributed by atoms with Crippen molar-refractivity contribution in [2.75, 3.05) is 26.1 Å². The van der Waals surface area contributed by atoms with Gasteiger partial charge in [-0.2, -0.15) is 9.97 Å². The molecule has 0 aliphatic heterocycles. The Bertz CT molecular complexity index is 789. The van der Waals surface area contributed by atoms with Crippen LogP contribution >= 0.6 is 0 Å². The molecule has 3 rings (SSSR count). The van der Waals surface area contributed by atoms with Gasteiger partial charge in [0.2, 0.25) is 0 Å². The summed E-state index contributed by atoms with van der Waals surface area (Å²) in [4.78, 5) is 15.9. The predicted molar refractivity (Wildman–Crippen MR) is 91.4 cm³/mol. The zero-order valence-corrected chi connectivity index (χ0v) is 13.6. The average molecular weight is 325 g/mol. The zero-order chi connectivity index (χ0) is 16.8. The van der Waals surface area contributed by atoms with Gasteiger partial charge in [-0.1, -0.05) is 12.1 Å². The number of benzene rings is 1. The van der Waals surface area contributed by atoms with Crippen LogP contribution in [0.4, 0.5) is 5.82 Å². The fourth-order valence-electron chi connectivity index (χ4n) is 2.28. The standard InChI is InChI=1S/C17H19N5O2/c1-23-14-5-3-4-12(8-14)15-9-16(22-17(21-15)24-2)19-7-6-13-10-18-11-20-13/h3-5,8-11H,6-7H2,1-2H3,(H,18,20)(H,19,21,22). The van der Waals surface area contributed by atoms with E-state index in [1.165, 1.54) is 0 Å². The van der Waals surface area contributed by atoms with Gasteiger partial charge in [0.15, 0.2) is 0 Å². The molecule has 0 saturated heterocycles. The van der Waals surface area contributed by atoms with Crippen molar-refractivity contribution in [2.45, 2.75) is 6.42 Å². The van der Waals surface area contributed by atoms with Crippen LogP contribution in [0.1, 0.15) is 5.69 Å². The first-order valence-corrected chi connectivity index (χ1v) is 7.57. The van der Waals surface area contributed by atoms with Crippen LogP contribution in [-0.2, 0) is 6.42 Å². The smallest absolute Gasteiger partial charge is 0.318 e. The van der Waals surface area contributed by atoms with Gasteiger partial charge in [0.25, 0.3) is 0 Å². The van der Waals surface area contributed by atoms with E-state index in [9.17, 15) is 0 Å². The molecule has 0 bridgehead atoms. The van der Waals surface area contributed by atoms with Crippen LogP contribution in [0.2, 0.25) is 0 Å². The number of H-pyrrole nitrogens is 1. The summed E-state index contributed by atoms with van der Waals surface area (Å²) in [5.74, 6) is 1.48. The van der Waals surface area contributed by atoms with E-state index in [1.54, 1.807) is 20.5 Å². The van der Waals surface area contributed by atoms with Crippen molar-refractivity contribution in [3.8, 4) is 23.0 Å². The van der Waals surface area contributed by atoms with Crippen molar-refractivity contribution in [1.82, 2.24) is 19.9 Å². The highest BCUT2D eigenvalue weighted by Crippen LogP contribution is 2.25. The molecule has 3 aromatic rings. The minimum atomic E-state index is 0.317. The molecule has 7 nitrogen and oxygen atoms in total. The number of ether oxygens (including phenoxy) is 2. The van der Waals surface area contributed by atoms with Crippen LogP contribution < -0.4 is 14.8 Å². The fourth-order valence-corrected chi connectivity index (χ4v) is 2.28. The number of aromatic nitrogens is 4. The first-order chi connectivity index (χ1) is 11.8. The Morgan fingerprint density at radius 2 is 2.04 bits per heavy atom. The third-order valence-corrected chi connectivity index (χ3v) is 3.50. The second kappa shape index (κ2) is 7.45. The molecule has 24 heavy (non-hydrogen) atoms. The maximum Gasteiger partial charge on any atom is 0.318 e. The highest BCUT2D eigenvalue weighted by molar-refractivity contribution is 5.64. The third kappa shape index (κ3) is 3.81. The molecule has 0 saturated carbocycles. The number of aromatic amines is 1. The number of methoxy groups -OCH3 is 2. The third-order valence-electron chi connectivity index (χ3n) is 3.50.